The average Bonchev–Trinajstić information content (AvgIpc) is 1.94. The molecule has 0 bridgehead atoms. The molecule has 0 aromatic carbocycles. The van der Waals surface area contributed by atoms with E-state index in [0.717, 1.165) is 11.8 Å². The van der Waals surface area contributed by atoms with E-state index >= 15 is 0 Å². The summed E-state index contributed by atoms with van der Waals surface area (Å²) in [5.41, 5.74) is 2.89. The lowest BCUT2D eigenvalue weighted by Gasteiger charge is -2.25. The Morgan fingerprint density at radius 2 is 2.10 bits per heavy atom. The van der Waals surface area contributed by atoms with Crippen LogP contribution in [0.4, 0.5) is 0 Å². The molecule has 2 atom stereocenters. The van der Waals surface area contributed by atoms with Crippen molar-refractivity contribution in [2.24, 2.45) is 11.8 Å². The minimum atomic E-state index is 0.770. The molecule has 1 saturated carbocycles. The third-order valence-corrected chi connectivity index (χ3v) is 2.51. The van der Waals surface area contributed by atoms with Gasteiger partial charge in [0.25, 0.3) is 0 Å². The Hall–Kier alpha value is -0.480. The fourth-order valence-electron chi connectivity index (χ4n) is 1.74. The standard InChI is InChI=1S/C10H16/c1-3-6-10-8-5-4-7-9(10)2/h6,9-10H,1,4-5,7-8H2,2H3. The Kier molecular flexibility index (Phi) is 2.77. The molecule has 1 aliphatic rings. The summed E-state index contributed by atoms with van der Waals surface area (Å²) in [6.07, 6.45) is 7.70. The molecule has 0 radical (unpaired) electrons. The molecule has 2 unspecified atom stereocenters. The third-order valence-electron chi connectivity index (χ3n) is 2.51. The first-order chi connectivity index (χ1) is 4.84. The molecule has 0 heterocycles. The summed E-state index contributed by atoms with van der Waals surface area (Å²) in [5, 5.41) is 0. The van der Waals surface area contributed by atoms with E-state index < -0.39 is 0 Å². The lowest BCUT2D eigenvalue weighted by atomic mass is 9.80. The molecule has 0 saturated heterocycles. The fraction of sp³-hybridized carbons (Fsp3) is 0.700. The molecule has 10 heavy (non-hydrogen) atoms. The minimum Gasteiger partial charge on any atom is -0.133 e. The molecule has 0 aromatic rings. The first kappa shape index (κ1) is 7.63. The molecule has 1 fully saturated rings. The van der Waals surface area contributed by atoms with Crippen LogP contribution < -0.4 is 0 Å². The van der Waals surface area contributed by atoms with Crippen LogP contribution in [0, 0.1) is 11.8 Å². The monoisotopic (exact) mass is 136 g/mol. The topological polar surface area (TPSA) is 0 Å². The third kappa shape index (κ3) is 1.75. The van der Waals surface area contributed by atoms with Gasteiger partial charge in [-0.2, -0.15) is 0 Å². The van der Waals surface area contributed by atoms with Crippen molar-refractivity contribution in [1.82, 2.24) is 0 Å². The first-order valence-corrected chi connectivity index (χ1v) is 4.20. The zero-order chi connectivity index (χ0) is 7.40. The number of allylic oxidation sites excluding steroid dienone is 1. The van der Waals surface area contributed by atoms with Gasteiger partial charge in [-0.1, -0.05) is 32.8 Å². The SMILES string of the molecule is C=C=CC1CCCCC1C. The summed E-state index contributed by atoms with van der Waals surface area (Å²) < 4.78 is 0. The van der Waals surface area contributed by atoms with Crippen molar-refractivity contribution in [3.8, 4) is 0 Å². The van der Waals surface area contributed by atoms with Gasteiger partial charge in [-0.3, -0.25) is 0 Å². The van der Waals surface area contributed by atoms with E-state index in [1.165, 1.54) is 25.7 Å². The Morgan fingerprint density at radius 3 is 2.70 bits per heavy atom. The van der Waals surface area contributed by atoms with Crippen molar-refractivity contribution in [1.29, 1.82) is 0 Å². The molecule has 56 valence electrons. The Bertz CT molecular complexity index is 140. The zero-order valence-electron chi connectivity index (χ0n) is 6.77. The van der Waals surface area contributed by atoms with Crippen LogP contribution in [0.2, 0.25) is 0 Å². The normalized spacial score (nSPS) is 32.9. The number of hydrogen-bond donors (Lipinski definition) is 0. The highest BCUT2D eigenvalue weighted by Gasteiger charge is 2.17. The molecule has 0 spiro atoms. The van der Waals surface area contributed by atoms with E-state index in [1.54, 1.807) is 0 Å². The van der Waals surface area contributed by atoms with Crippen LogP contribution in [0.25, 0.3) is 0 Å². The molecule has 0 amide bonds. The molecule has 1 aliphatic carbocycles. The van der Waals surface area contributed by atoms with Crippen LogP contribution >= 0.6 is 0 Å². The Balaban J connectivity index is 2.47. The molecule has 1 rings (SSSR count). The average molecular weight is 136 g/mol. The van der Waals surface area contributed by atoms with Crippen LogP contribution in [0.5, 0.6) is 0 Å². The fourth-order valence-corrected chi connectivity index (χ4v) is 1.74. The van der Waals surface area contributed by atoms with Gasteiger partial charge in [0, 0.05) is 0 Å². The lowest BCUT2D eigenvalue weighted by Crippen LogP contribution is -2.13. The van der Waals surface area contributed by atoms with Crippen molar-refractivity contribution in [3.63, 3.8) is 0 Å². The van der Waals surface area contributed by atoms with Crippen molar-refractivity contribution >= 4 is 0 Å². The van der Waals surface area contributed by atoms with E-state index in [-0.39, 0.29) is 0 Å². The van der Waals surface area contributed by atoms with Gasteiger partial charge in [-0.05, 0) is 24.3 Å². The predicted octanol–water partition coefficient (Wildman–Crippen LogP) is 3.15. The van der Waals surface area contributed by atoms with E-state index in [0.29, 0.717) is 0 Å². The quantitative estimate of drug-likeness (QED) is 0.486. The van der Waals surface area contributed by atoms with Crippen molar-refractivity contribution in [3.05, 3.63) is 18.4 Å². The van der Waals surface area contributed by atoms with Crippen LogP contribution in [0.15, 0.2) is 18.4 Å². The second kappa shape index (κ2) is 3.63. The molecular formula is C10H16. The van der Waals surface area contributed by atoms with Gasteiger partial charge < -0.3 is 0 Å². The van der Waals surface area contributed by atoms with E-state index in [9.17, 15) is 0 Å². The van der Waals surface area contributed by atoms with Crippen molar-refractivity contribution < 1.29 is 0 Å². The first-order valence-electron chi connectivity index (χ1n) is 4.20. The molecule has 0 aliphatic heterocycles. The summed E-state index contributed by atoms with van der Waals surface area (Å²) in [5.74, 6) is 1.63. The molecule has 0 N–H and O–H groups in total. The number of hydrogen-bond acceptors (Lipinski definition) is 0. The highest BCUT2D eigenvalue weighted by atomic mass is 14.2. The highest BCUT2D eigenvalue weighted by molar-refractivity contribution is 4.89. The second-order valence-electron chi connectivity index (χ2n) is 3.30. The summed E-state index contributed by atoms with van der Waals surface area (Å²) in [7, 11) is 0. The van der Waals surface area contributed by atoms with Gasteiger partial charge in [-0.15, -0.1) is 5.73 Å². The Morgan fingerprint density at radius 1 is 1.40 bits per heavy atom. The smallest absolute Gasteiger partial charge is 0.0132 e. The van der Waals surface area contributed by atoms with Gasteiger partial charge in [0.1, 0.15) is 0 Å². The maximum atomic E-state index is 3.61. The van der Waals surface area contributed by atoms with E-state index in [4.69, 9.17) is 0 Å². The minimum absolute atomic E-state index is 0.770. The van der Waals surface area contributed by atoms with Gasteiger partial charge >= 0.3 is 0 Å². The van der Waals surface area contributed by atoms with Crippen molar-refractivity contribution in [2.45, 2.75) is 32.6 Å². The largest absolute Gasteiger partial charge is 0.133 e. The van der Waals surface area contributed by atoms with Crippen molar-refractivity contribution in [2.75, 3.05) is 0 Å². The molecule has 0 nitrogen and oxygen atoms in total. The zero-order valence-corrected chi connectivity index (χ0v) is 6.77. The summed E-state index contributed by atoms with van der Waals surface area (Å²) in [4.78, 5) is 0. The van der Waals surface area contributed by atoms with E-state index in [2.05, 4.69) is 25.3 Å². The lowest BCUT2D eigenvalue weighted by molar-refractivity contribution is 0.307. The highest BCUT2D eigenvalue weighted by Crippen LogP contribution is 2.29. The molecule has 0 heteroatoms. The van der Waals surface area contributed by atoms with Crippen LogP contribution in [0.3, 0.4) is 0 Å². The van der Waals surface area contributed by atoms with Gasteiger partial charge in [0.15, 0.2) is 0 Å². The second-order valence-corrected chi connectivity index (χ2v) is 3.30. The van der Waals surface area contributed by atoms with Crippen LogP contribution in [0.1, 0.15) is 32.6 Å². The maximum absolute atomic E-state index is 3.61. The van der Waals surface area contributed by atoms with Gasteiger partial charge in [-0.25, -0.2) is 0 Å². The van der Waals surface area contributed by atoms with E-state index in [1.807, 2.05) is 0 Å². The predicted molar refractivity (Wildman–Crippen MR) is 44.8 cm³/mol. The van der Waals surface area contributed by atoms with Gasteiger partial charge in [0.05, 0.1) is 0 Å². The van der Waals surface area contributed by atoms with Crippen LogP contribution in [-0.4, -0.2) is 0 Å². The molecule has 0 aromatic heterocycles. The number of rotatable bonds is 1. The Labute approximate surface area is 63.6 Å². The summed E-state index contributed by atoms with van der Waals surface area (Å²) in [6, 6.07) is 0. The maximum Gasteiger partial charge on any atom is -0.0132 e. The summed E-state index contributed by atoms with van der Waals surface area (Å²) in [6.45, 7) is 5.94. The summed E-state index contributed by atoms with van der Waals surface area (Å²) >= 11 is 0. The van der Waals surface area contributed by atoms with Gasteiger partial charge in [0.2, 0.25) is 0 Å². The van der Waals surface area contributed by atoms with Crippen LogP contribution in [-0.2, 0) is 0 Å². The molecular weight excluding hydrogens is 120 g/mol.